The third kappa shape index (κ3) is 5.26. The largest absolute Gasteiger partial charge is 0.507 e. The van der Waals surface area contributed by atoms with Crippen molar-refractivity contribution in [1.29, 1.82) is 0 Å². The fourth-order valence-electron chi connectivity index (χ4n) is 4.49. The number of rotatable bonds is 7. The van der Waals surface area contributed by atoms with Gasteiger partial charge in [0, 0.05) is 5.69 Å². The van der Waals surface area contributed by atoms with E-state index in [4.69, 9.17) is 9.47 Å². The lowest BCUT2D eigenvalue weighted by Gasteiger charge is -2.26. The van der Waals surface area contributed by atoms with Crippen molar-refractivity contribution >= 4 is 29.1 Å². The van der Waals surface area contributed by atoms with E-state index in [9.17, 15) is 19.5 Å². The van der Waals surface area contributed by atoms with Crippen LogP contribution in [-0.4, -0.2) is 36.0 Å². The van der Waals surface area contributed by atoms with Gasteiger partial charge in [-0.15, -0.1) is 0 Å². The van der Waals surface area contributed by atoms with Crippen LogP contribution in [0, 0.1) is 6.92 Å². The fourth-order valence-corrected chi connectivity index (χ4v) is 4.49. The van der Waals surface area contributed by atoms with Crippen LogP contribution in [0.15, 0.2) is 78.4 Å². The number of hydrogen-bond acceptors (Lipinski definition) is 6. The molecule has 1 unspecified atom stereocenters. The number of benzene rings is 3. The first-order valence-corrected chi connectivity index (χ1v) is 12.0. The molecule has 1 heterocycles. The van der Waals surface area contributed by atoms with Gasteiger partial charge in [0.05, 0.1) is 36.8 Å². The highest BCUT2D eigenvalue weighted by molar-refractivity contribution is 6.51. The number of hydrogen-bond donors (Lipinski definition) is 1. The first-order valence-electron chi connectivity index (χ1n) is 12.0. The zero-order chi connectivity index (χ0) is 26.7. The van der Waals surface area contributed by atoms with E-state index >= 15 is 0 Å². The van der Waals surface area contributed by atoms with Crippen molar-refractivity contribution in [3.63, 3.8) is 0 Å². The molecule has 0 aliphatic carbocycles. The van der Waals surface area contributed by atoms with E-state index < -0.39 is 17.7 Å². The van der Waals surface area contributed by atoms with Crippen LogP contribution in [0.25, 0.3) is 5.76 Å². The molecule has 1 amide bonds. The van der Waals surface area contributed by atoms with Crippen molar-refractivity contribution in [2.75, 3.05) is 12.0 Å². The second kappa shape index (κ2) is 10.7. The molecular weight excluding hydrogens is 470 g/mol. The number of esters is 1. The highest BCUT2D eigenvalue weighted by atomic mass is 16.5. The third-order valence-electron chi connectivity index (χ3n) is 6.09. The number of para-hydroxylation sites is 1. The predicted octanol–water partition coefficient (Wildman–Crippen LogP) is 5.12. The molecule has 7 nitrogen and oxygen atoms in total. The summed E-state index contributed by atoms with van der Waals surface area (Å²) in [6.07, 6.45) is -0.122. The molecule has 190 valence electrons. The molecule has 0 radical (unpaired) electrons. The van der Waals surface area contributed by atoms with Crippen LogP contribution >= 0.6 is 0 Å². The Kier molecular flexibility index (Phi) is 7.43. The van der Waals surface area contributed by atoms with Crippen LogP contribution in [0.3, 0.4) is 0 Å². The number of ether oxygens (including phenoxy) is 2. The Morgan fingerprint density at radius 2 is 1.70 bits per heavy atom. The molecule has 1 aliphatic rings. The lowest BCUT2D eigenvalue weighted by molar-refractivity contribution is -0.146. The predicted molar refractivity (Wildman–Crippen MR) is 140 cm³/mol. The van der Waals surface area contributed by atoms with E-state index in [-0.39, 0.29) is 29.8 Å². The molecule has 0 bridgehead atoms. The van der Waals surface area contributed by atoms with Crippen LogP contribution in [0.5, 0.6) is 5.75 Å². The van der Waals surface area contributed by atoms with E-state index in [2.05, 4.69) is 0 Å². The number of methoxy groups -OCH3 is 1. The van der Waals surface area contributed by atoms with Gasteiger partial charge in [-0.05, 0) is 56.2 Å². The molecule has 1 saturated heterocycles. The number of nitrogens with zero attached hydrogens (tertiary/aromatic N) is 1. The zero-order valence-electron chi connectivity index (χ0n) is 21.2. The van der Waals surface area contributed by atoms with Crippen molar-refractivity contribution in [3.8, 4) is 5.75 Å². The summed E-state index contributed by atoms with van der Waals surface area (Å²) in [6.45, 7) is 5.49. The van der Waals surface area contributed by atoms with Gasteiger partial charge in [-0.1, -0.05) is 54.1 Å². The lowest BCUT2D eigenvalue weighted by atomic mass is 9.94. The van der Waals surface area contributed by atoms with E-state index in [1.807, 2.05) is 31.2 Å². The lowest BCUT2D eigenvalue weighted by Crippen LogP contribution is -2.29. The monoisotopic (exact) mass is 499 g/mol. The Balaban J connectivity index is 1.81. The molecule has 3 aromatic carbocycles. The first-order chi connectivity index (χ1) is 17.7. The third-order valence-corrected chi connectivity index (χ3v) is 6.09. The van der Waals surface area contributed by atoms with Gasteiger partial charge in [0.15, 0.2) is 0 Å². The number of aliphatic hydroxyl groups is 1. The molecule has 0 saturated carbocycles. The van der Waals surface area contributed by atoms with E-state index in [1.54, 1.807) is 62.4 Å². The summed E-state index contributed by atoms with van der Waals surface area (Å²) in [4.78, 5) is 40.2. The zero-order valence-corrected chi connectivity index (χ0v) is 21.2. The summed E-state index contributed by atoms with van der Waals surface area (Å²) in [6, 6.07) is 20.2. The number of Topliss-reactive ketones (excluding diaryl/α,β-unsaturated/α-hetero) is 1. The smallest absolute Gasteiger partial charge is 0.310 e. The minimum absolute atomic E-state index is 0.0234. The van der Waals surface area contributed by atoms with Gasteiger partial charge >= 0.3 is 5.97 Å². The van der Waals surface area contributed by atoms with Gasteiger partial charge in [0.2, 0.25) is 0 Å². The Morgan fingerprint density at radius 1 is 1.00 bits per heavy atom. The second-order valence-electron chi connectivity index (χ2n) is 9.17. The van der Waals surface area contributed by atoms with Crippen LogP contribution in [0.4, 0.5) is 5.69 Å². The van der Waals surface area contributed by atoms with Gasteiger partial charge in [0.25, 0.3) is 11.7 Å². The van der Waals surface area contributed by atoms with E-state index in [0.717, 1.165) is 5.56 Å². The van der Waals surface area contributed by atoms with Gasteiger partial charge in [-0.2, -0.15) is 0 Å². The van der Waals surface area contributed by atoms with Crippen molar-refractivity contribution in [3.05, 3.63) is 101 Å². The van der Waals surface area contributed by atoms with Crippen molar-refractivity contribution in [1.82, 2.24) is 0 Å². The van der Waals surface area contributed by atoms with E-state index in [0.29, 0.717) is 28.1 Å². The minimum Gasteiger partial charge on any atom is -0.507 e. The molecule has 0 aromatic heterocycles. The molecule has 0 spiro atoms. The second-order valence-corrected chi connectivity index (χ2v) is 9.17. The number of aryl methyl sites for hydroxylation is 1. The number of amides is 1. The van der Waals surface area contributed by atoms with Crippen LogP contribution < -0.4 is 9.64 Å². The maximum absolute atomic E-state index is 13.4. The van der Waals surface area contributed by atoms with Crippen molar-refractivity contribution in [2.24, 2.45) is 0 Å². The summed E-state index contributed by atoms with van der Waals surface area (Å²) < 4.78 is 10.6. The standard InChI is InChI=1S/C30H29NO6/c1-18(2)37-25(32)17-20-12-14-22(15-13-20)31-27(21-9-7-8-19(3)16-21)26(29(34)30(31)35)28(33)23-10-5-6-11-24(23)36-4/h5-16,18,27,33H,17H2,1-4H3/b28-26-. The summed E-state index contributed by atoms with van der Waals surface area (Å²) in [5.41, 5.74) is 3.10. The molecule has 4 rings (SSSR count). The number of anilines is 1. The van der Waals surface area contributed by atoms with Gasteiger partial charge in [-0.3, -0.25) is 19.3 Å². The molecule has 1 N–H and O–H groups in total. The summed E-state index contributed by atoms with van der Waals surface area (Å²) in [7, 11) is 1.47. The normalized spacial score (nSPS) is 16.8. The Hall–Kier alpha value is -4.39. The van der Waals surface area contributed by atoms with Crippen LogP contribution in [-0.2, 0) is 25.5 Å². The molecular formula is C30H29NO6. The van der Waals surface area contributed by atoms with Gasteiger partial charge < -0.3 is 14.6 Å². The highest BCUT2D eigenvalue weighted by Crippen LogP contribution is 2.43. The quantitative estimate of drug-likeness (QED) is 0.210. The average molecular weight is 500 g/mol. The Morgan fingerprint density at radius 3 is 2.35 bits per heavy atom. The summed E-state index contributed by atoms with van der Waals surface area (Å²) in [5, 5.41) is 11.3. The molecule has 1 atom stereocenters. The summed E-state index contributed by atoms with van der Waals surface area (Å²) in [5.74, 6) is -1.82. The Labute approximate surface area is 215 Å². The molecule has 1 fully saturated rings. The Bertz CT molecular complexity index is 1370. The number of carbonyl (C=O) groups is 3. The van der Waals surface area contributed by atoms with E-state index in [1.165, 1.54) is 12.0 Å². The van der Waals surface area contributed by atoms with Crippen molar-refractivity contribution < 1.29 is 29.0 Å². The minimum atomic E-state index is -0.860. The summed E-state index contributed by atoms with van der Waals surface area (Å²) >= 11 is 0. The molecule has 37 heavy (non-hydrogen) atoms. The maximum atomic E-state index is 13.4. The van der Waals surface area contributed by atoms with Crippen LogP contribution in [0.2, 0.25) is 0 Å². The number of ketones is 1. The topological polar surface area (TPSA) is 93.1 Å². The average Bonchev–Trinajstić information content (AvgIpc) is 3.14. The van der Waals surface area contributed by atoms with Crippen molar-refractivity contribution in [2.45, 2.75) is 39.3 Å². The number of aliphatic hydroxyl groups excluding tert-OH is 1. The first kappa shape index (κ1) is 25.7. The molecule has 3 aromatic rings. The van der Waals surface area contributed by atoms with Crippen LogP contribution in [0.1, 0.15) is 42.1 Å². The van der Waals surface area contributed by atoms with Gasteiger partial charge in [-0.25, -0.2) is 0 Å². The molecule has 1 aliphatic heterocycles. The highest BCUT2D eigenvalue weighted by Gasteiger charge is 2.47. The fraction of sp³-hybridized carbons (Fsp3) is 0.233. The maximum Gasteiger partial charge on any atom is 0.310 e. The number of carbonyl (C=O) groups excluding carboxylic acids is 3. The SMILES string of the molecule is COc1ccccc1/C(O)=C1/C(=O)C(=O)N(c2ccc(CC(=O)OC(C)C)cc2)C1c1cccc(C)c1. The van der Waals surface area contributed by atoms with Gasteiger partial charge in [0.1, 0.15) is 11.5 Å². The molecule has 7 heteroatoms.